The molecule has 0 spiro atoms. The molecular weight excluding hydrogens is 210 g/mol. The van der Waals surface area contributed by atoms with Crippen LogP contribution in [0.25, 0.3) is 0 Å². The summed E-state index contributed by atoms with van der Waals surface area (Å²) in [5.41, 5.74) is 0. The van der Waals surface area contributed by atoms with Gasteiger partial charge in [-0.15, -0.1) is 11.6 Å². The first-order chi connectivity index (χ1) is 2.81. The Bertz CT molecular complexity index is 26.7. The Labute approximate surface area is 57.4 Å². The Balaban J connectivity index is 2.75. The second kappa shape index (κ2) is 4.19. The van der Waals surface area contributed by atoms with Crippen molar-refractivity contribution in [1.29, 1.82) is 0 Å². The Morgan fingerprint density at radius 3 is 2.33 bits per heavy atom. The van der Waals surface area contributed by atoms with Crippen molar-refractivity contribution < 1.29 is 0 Å². The molecule has 1 unspecified atom stereocenters. The summed E-state index contributed by atoms with van der Waals surface area (Å²) < 4.78 is 0.671. The summed E-state index contributed by atoms with van der Waals surface area (Å²) in [5, 5.41) is 0. The molecule has 0 aliphatic rings. The van der Waals surface area contributed by atoms with E-state index in [-0.39, 0.29) is 0 Å². The van der Waals surface area contributed by atoms with Gasteiger partial charge in [-0.1, -0.05) is 29.5 Å². The van der Waals surface area contributed by atoms with Crippen molar-refractivity contribution in [2.24, 2.45) is 0 Å². The molecule has 0 radical (unpaired) electrons. The van der Waals surface area contributed by atoms with Crippen molar-refractivity contribution in [2.75, 3.05) is 5.88 Å². The van der Waals surface area contributed by atoms with Gasteiger partial charge in [0.15, 0.2) is 0 Å². The first-order valence-electron chi connectivity index (χ1n) is 2.01. The van der Waals surface area contributed by atoms with E-state index in [0.29, 0.717) is 3.92 Å². The van der Waals surface area contributed by atoms with Crippen LogP contribution >= 0.6 is 34.2 Å². The number of alkyl halides is 2. The van der Waals surface area contributed by atoms with Gasteiger partial charge in [-0.3, -0.25) is 0 Å². The van der Waals surface area contributed by atoms with E-state index >= 15 is 0 Å². The molecule has 0 fully saturated rings. The minimum absolute atomic E-state index is 0.671. The van der Waals surface area contributed by atoms with E-state index < -0.39 is 0 Å². The molecule has 0 amide bonds. The maximum atomic E-state index is 5.44. The molecule has 0 aromatic carbocycles. The van der Waals surface area contributed by atoms with Gasteiger partial charge in [0.05, 0.1) is 0 Å². The van der Waals surface area contributed by atoms with Crippen molar-refractivity contribution in [3.8, 4) is 0 Å². The second-order valence-electron chi connectivity index (χ2n) is 1.16. The van der Waals surface area contributed by atoms with E-state index in [2.05, 4.69) is 29.5 Å². The first kappa shape index (κ1) is 7.02. The molecule has 0 N–H and O–H groups in total. The summed E-state index contributed by atoms with van der Waals surface area (Å²) in [6.07, 6.45) is 1.18. The standard InChI is InChI=1S/C4H8ClI/c1-2-4(6)3-5/h4H,2-3H2,1H3. The van der Waals surface area contributed by atoms with Crippen LogP contribution < -0.4 is 0 Å². The summed E-state index contributed by atoms with van der Waals surface area (Å²) in [4.78, 5) is 0. The molecule has 0 saturated carbocycles. The highest BCUT2D eigenvalue weighted by molar-refractivity contribution is 14.1. The fourth-order valence-corrected chi connectivity index (χ4v) is 0.327. The van der Waals surface area contributed by atoms with Gasteiger partial charge >= 0.3 is 0 Å². The highest BCUT2D eigenvalue weighted by Gasteiger charge is 1.92. The van der Waals surface area contributed by atoms with E-state index in [4.69, 9.17) is 11.6 Å². The van der Waals surface area contributed by atoms with Crippen molar-refractivity contribution >= 4 is 34.2 Å². The lowest BCUT2D eigenvalue weighted by atomic mass is 10.4. The minimum Gasteiger partial charge on any atom is -0.126 e. The normalized spacial score (nSPS) is 14.5. The van der Waals surface area contributed by atoms with Gasteiger partial charge in [0.25, 0.3) is 0 Å². The van der Waals surface area contributed by atoms with Crippen molar-refractivity contribution in [3.05, 3.63) is 0 Å². The number of hydrogen-bond acceptors (Lipinski definition) is 0. The zero-order chi connectivity index (χ0) is 4.99. The maximum absolute atomic E-state index is 5.44. The molecule has 1 atom stereocenters. The monoisotopic (exact) mass is 218 g/mol. The molecule has 0 bridgehead atoms. The quantitative estimate of drug-likeness (QED) is 0.493. The predicted octanol–water partition coefficient (Wildman–Crippen LogP) is 2.44. The Kier molecular flexibility index (Phi) is 4.90. The number of hydrogen-bond donors (Lipinski definition) is 0. The Morgan fingerprint density at radius 1 is 1.83 bits per heavy atom. The highest BCUT2D eigenvalue weighted by Crippen LogP contribution is 2.05. The molecule has 0 aromatic heterocycles. The Morgan fingerprint density at radius 2 is 2.33 bits per heavy atom. The lowest BCUT2D eigenvalue weighted by molar-refractivity contribution is 0.944. The average molecular weight is 218 g/mol. The van der Waals surface area contributed by atoms with Gasteiger partial charge in [0.1, 0.15) is 0 Å². The second-order valence-corrected chi connectivity index (χ2v) is 3.23. The van der Waals surface area contributed by atoms with Gasteiger partial charge in [-0.2, -0.15) is 0 Å². The topological polar surface area (TPSA) is 0 Å². The fourth-order valence-electron chi connectivity index (χ4n) is 0.109. The molecule has 0 aromatic rings. The third kappa shape index (κ3) is 3.22. The number of halogens is 2. The van der Waals surface area contributed by atoms with Crippen LogP contribution in [-0.4, -0.2) is 9.80 Å². The van der Waals surface area contributed by atoms with E-state index in [1.165, 1.54) is 6.42 Å². The van der Waals surface area contributed by atoms with Crippen LogP contribution in [-0.2, 0) is 0 Å². The van der Waals surface area contributed by atoms with Crippen LogP contribution in [0.1, 0.15) is 13.3 Å². The Hall–Kier alpha value is 1.02. The SMILES string of the molecule is CCC(I)CCl. The largest absolute Gasteiger partial charge is 0.126 e. The molecule has 38 valence electrons. The molecule has 2 heteroatoms. The van der Waals surface area contributed by atoms with Crippen LogP contribution in [0.5, 0.6) is 0 Å². The van der Waals surface area contributed by atoms with E-state index in [0.717, 1.165) is 5.88 Å². The van der Waals surface area contributed by atoms with Crippen molar-refractivity contribution in [1.82, 2.24) is 0 Å². The van der Waals surface area contributed by atoms with E-state index in [9.17, 15) is 0 Å². The average Bonchev–Trinajstić information content (AvgIpc) is 1.65. The molecule has 6 heavy (non-hydrogen) atoms. The summed E-state index contributed by atoms with van der Waals surface area (Å²) in [5.74, 6) is 0.789. The molecule has 0 rings (SSSR count). The summed E-state index contributed by atoms with van der Waals surface area (Å²) in [7, 11) is 0. The van der Waals surface area contributed by atoms with Crippen LogP contribution in [0.15, 0.2) is 0 Å². The van der Waals surface area contributed by atoms with Gasteiger partial charge in [0, 0.05) is 9.80 Å². The minimum atomic E-state index is 0.671. The maximum Gasteiger partial charge on any atom is 0.0341 e. The zero-order valence-corrected chi connectivity index (χ0v) is 6.66. The van der Waals surface area contributed by atoms with Crippen LogP contribution in [0.2, 0.25) is 0 Å². The lowest BCUT2D eigenvalue weighted by Crippen LogP contribution is -1.93. The van der Waals surface area contributed by atoms with Gasteiger partial charge in [-0.25, -0.2) is 0 Å². The summed E-state index contributed by atoms with van der Waals surface area (Å²) in [6, 6.07) is 0. The van der Waals surface area contributed by atoms with Crippen molar-refractivity contribution in [3.63, 3.8) is 0 Å². The third-order valence-corrected chi connectivity index (χ3v) is 2.82. The third-order valence-electron chi connectivity index (χ3n) is 0.610. The molecule has 0 nitrogen and oxygen atoms in total. The van der Waals surface area contributed by atoms with Crippen molar-refractivity contribution in [2.45, 2.75) is 17.3 Å². The van der Waals surface area contributed by atoms with Crippen LogP contribution in [0.3, 0.4) is 0 Å². The molecular formula is C4H8ClI. The van der Waals surface area contributed by atoms with Gasteiger partial charge < -0.3 is 0 Å². The molecule has 0 aliphatic heterocycles. The summed E-state index contributed by atoms with van der Waals surface area (Å²) in [6.45, 7) is 2.14. The smallest absolute Gasteiger partial charge is 0.0341 e. The summed E-state index contributed by atoms with van der Waals surface area (Å²) >= 11 is 7.78. The zero-order valence-electron chi connectivity index (χ0n) is 3.75. The predicted molar refractivity (Wildman–Crippen MR) is 38.8 cm³/mol. The molecule has 0 aliphatic carbocycles. The fraction of sp³-hybridized carbons (Fsp3) is 1.00. The van der Waals surface area contributed by atoms with Gasteiger partial charge in [0.2, 0.25) is 0 Å². The highest BCUT2D eigenvalue weighted by atomic mass is 127. The van der Waals surface area contributed by atoms with Crippen LogP contribution in [0.4, 0.5) is 0 Å². The van der Waals surface area contributed by atoms with Crippen LogP contribution in [0, 0.1) is 0 Å². The number of rotatable bonds is 2. The van der Waals surface area contributed by atoms with E-state index in [1.807, 2.05) is 0 Å². The first-order valence-corrected chi connectivity index (χ1v) is 3.79. The molecule has 0 heterocycles. The van der Waals surface area contributed by atoms with Gasteiger partial charge in [-0.05, 0) is 6.42 Å². The molecule has 0 saturated heterocycles. The van der Waals surface area contributed by atoms with E-state index in [1.54, 1.807) is 0 Å². The lowest BCUT2D eigenvalue weighted by Gasteiger charge is -1.94.